The number of amides is 1. The second-order valence-electron chi connectivity index (χ2n) is 6.93. The molecule has 0 bridgehead atoms. The number of nitriles is 1. The number of esters is 1. The van der Waals surface area contributed by atoms with E-state index in [0.29, 0.717) is 47.2 Å². The van der Waals surface area contributed by atoms with Crippen molar-refractivity contribution in [1.82, 2.24) is 9.97 Å². The molecule has 0 atom stereocenters. The van der Waals surface area contributed by atoms with Crippen LogP contribution in [-0.4, -0.2) is 42.0 Å². The lowest BCUT2D eigenvalue weighted by Gasteiger charge is -2.31. The number of anilines is 2. The average Bonchev–Trinajstić information content (AvgIpc) is 3.48. The minimum absolute atomic E-state index is 0.0676. The van der Waals surface area contributed by atoms with Crippen LogP contribution in [0.3, 0.4) is 0 Å². The van der Waals surface area contributed by atoms with Crippen molar-refractivity contribution in [2.24, 2.45) is 5.92 Å². The highest BCUT2D eigenvalue weighted by molar-refractivity contribution is 7.18. The highest BCUT2D eigenvalue weighted by Gasteiger charge is 2.26. The van der Waals surface area contributed by atoms with Gasteiger partial charge < -0.3 is 9.64 Å². The molecule has 8 nitrogen and oxygen atoms in total. The zero-order chi connectivity index (χ0) is 21.8. The van der Waals surface area contributed by atoms with E-state index < -0.39 is 0 Å². The van der Waals surface area contributed by atoms with Gasteiger partial charge in [0.15, 0.2) is 5.13 Å². The van der Waals surface area contributed by atoms with E-state index in [4.69, 9.17) is 4.74 Å². The summed E-state index contributed by atoms with van der Waals surface area (Å²) in [5.74, 6) is 0.200. The molecule has 0 aliphatic carbocycles. The maximum Gasteiger partial charge on any atom is 0.308 e. The zero-order valence-electron chi connectivity index (χ0n) is 16.7. The zero-order valence-corrected chi connectivity index (χ0v) is 18.3. The van der Waals surface area contributed by atoms with Crippen LogP contribution in [0.4, 0.5) is 10.9 Å². The second-order valence-corrected chi connectivity index (χ2v) is 8.88. The molecule has 3 aromatic heterocycles. The average molecular weight is 454 g/mol. The number of carbonyl (C=O) groups is 2. The molecule has 1 saturated heterocycles. The Bertz CT molecular complexity index is 1110. The van der Waals surface area contributed by atoms with Crippen molar-refractivity contribution in [3.8, 4) is 16.6 Å². The summed E-state index contributed by atoms with van der Waals surface area (Å²) in [6, 6.07) is 9.43. The van der Waals surface area contributed by atoms with Gasteiger partial charge >= 0.3 is 5.97 Å². The van der Waals surface area contributed by atoms with Gasteiger partial charge in [0.2, 0.25) is 0 Å². The van der Waals surface area contributed by atoms with Gasteiger partial charge in [-0.3, -0.25) is 14.9 Å². The highest BCUT2D eigenvalue weighted by atomic mass is 32.1. The molecular weight excluding hydrogens is 434 g/mol. The Kier molecular flexibility index (Phi) is 6.25. The number of nitrogens with one attached hydrogen (secondary N) is 1. The minimum atomic E-state index is -0.334. The van der Waals surface area contributed by atoms with E-state index in [9.17, 15) is 14.9 Å². The van der Waals surface area contributed by atoms with Crippen LogP contribution in [0.15, 0.2) is 35.8 Å². The van der Waals surface area contributed by atoms with Gasteiger partial charge in [-0.05, 0) is 36.4 Å². The Morgan fingerprint density at radius 2 is 2.10 bits per heavy atom. The summed E-state index contributed by atoms with van der Waals surface area (Å²) in [5.41, 5.74) is 0.987. The van der Waals surface area contributed by atoms with E-state index in [1.54, 1.807) is 12.1 Å². The Morgan fingerprint density at radius 3 is 2.71 bits per heavy atom. The van der Waals surface area contributed by atoms with Gasteiger partial charge in [-0.1, -0.05) is 17.4 Å². The third-order valence-electron chi connectivity index (χ3n) is 5.07. The van der Waals surface area contributed by atoms with E-state index >= 15 is 0 Å². The van der Waals surface area contributed by atoms with Crippen LogP contribution < -0.4 is 10.2 Å². The molecular formula is C21H19N5O3S2. The SMILES string of the molecule is COC(=O)C1CCN(c2ccc(C(=O)Nc3nc(-c4cccs4)c(C#N)s3)cn2)CC1. The first-order valence-corrected chi connectivity index (χ1v) is 11.3. The fourth-order valence-corrected chi connectivity index (χ4v) is 4.97. The predicted octanol–water partition coefficient (Wildman–Crippen LogP) is 3.78. The van der Waals surface area contributed by atoms with E-state index in [2.05, 4.69) is 26.3 Å². The number of piperidine rings is 1. The van der Waals surface area contributed by atoms with Crippen LogP contribution in [0, 0.1) is 17.2 Å². The highest BCUT2D eigenvalue weighted by Crippen LogP contribution is 2.33. The summed E-state index contributed by atoms with van der Waals surface area (Å²) in [6.45, 7) is 1.42. The molecule has 158 valence electrons. The number of nitrogens with zero attached hydrogens (tertiary/aromatic N) is 4. The van der Waals surface area contributed by atoms with Crippen molar-refractivity contribution in [1.29, 1.82) is 5.26 Å². The lowest BCUT2D eigenvalue weighted by molar-refractivity contribution is -0.146. The van der Waals surface area contributed by atoms with Gasteiger partial charge in [-0.2, -0.15) is 5.26 Å². The number of carbonyl (C=O) groups excluding carboxylic acids is 2. The smallest absolute Gasteiger partial charge is 0.308 e. The van der Waals surface area contributed by atoms with Crippen LogP contribution in [0.25, 0.3) is 10.6 Å². The molecule has 0 spiro atoms. The minimum Gasteiger partial charge on any atom is -0.469 e. The lowest BCUT2D eigenvalue weighted by Crippen LogP contribution is -2.37. The number of aromatic nitrogens is 2. The van der Waals surface area contributed by atoms with Crippen LogP contribution in [0.2, 0.25) is 0 Å². The van der Waals surface area contributed by atoms with Gasteiger partial charge in [0.1, 0.15) is 22.5 Å². The van der Waals surface area contributed by atoms with Crippen LogP contribution in [0.5, 0.6) is 0 Å². The largest absolute Gasteiger partial charge is 0.469 e. The first-order valence-electron chi connectivity index (χ1n) is 9.64. The molecule has 0 saturated carbocycles. The third kappa shape index (κ3) is 4.57. The number of thiazole rings is 1. The Hall–Kier alpha value is -3.29. The normalized spacial score (nSPS) is 14.1. The molecule has 4 heterocycles. The Morgan fingerprint density at radius 1 is 1.29 bits per heavy atom. The topological polar surface area (TPSA) is 108 Å². The van der Waals surface area contributed by atoms with Crippen molar-refractivity contribution in [3.63, 3.8) is 0 Å². The second kappa shape index (κ2) is 9.24. The van der Waals surface area contributed by atoms with Crippen molar-refractivity contribution < 1.29 is 14.3 Å². The maximum atomic E-state index is 12.6. The number of ether oxygens (including phenoxy) is 1. The van der Waals surface area contributed by atoms with Gasteiger partial charge in [-0.15, -0.1) is 11.3 Å². The molecule has 1 aliphatic rings. The summed E-state index contributed by atoms with van der Waals surface area (Å²) in [6.07, 6.45) is 2.96. The molecule has 0 aromatic carbocycles. The number of thiophene rings is 1. The summed E-state index contributed by atoms with van der Waals surface area (Å²) < 4.78 is 4.82. The summed E-state index contributed by atoms with van der Waals surface area (Å²) in [7, 11) is 1.41. The molecule has 1 amide bonds. The summed E-state index contributed by atoms with van der Waals surface area (Å²) in [5, 5.41) is 14.4. The van der Waals surface area contributed by atoms with Gasteiger partial charge in [0.25, 0.3) is 5.91 Å². The van der Waals surface area contributed by atoms with Gasteiger partial charge in [0, 0.05) is 19.3 Å². The van der Waals surface area contributed by atoms with Crippen molar-refractivity contribution >= 4 is 45.5 Å². The molecule has 10 heteroatoms. The van der Waals surface area contributed by atoms with Crippen LogP contribution >= 0.6 is 22.7 Å². The number of pyridine rings is 1. The quantitative estimate of drug-likeness (QED) is 0.586. The molecule has 3 aromatic rings. The monoisotopic (exact) mass is 453 g/mol. The fourth-order valence-electron chi connectivity index (χ4n) is 3.42. The third-order valence-corrected chi connectivity index (χ3v) is 6.82. The first kappa shape index (κ1) is 21.0. The molecule has 1 fully saturated rings. The standard InChI is InChI=1S/C21H19N5O3S2/c1-29-20(28)13-6-8-26(9-7-13)17-5-4-14(12-23-17)19(27)25-21-24-18(16(11-22)31-21)15-3-2-10-30-15/h2-5,10,12-13H,6-9H2,1H3,(H,24,25,27). The molecule has 1 aliphatic heterocycles. The molecule has 4 rings (SSSR count). The maximum absolute atomic E-state index is 12.6. The molecule has 0 unspecified atom stereocenters. The number of rotatable bonds is 5. The number of hydrogen-bond acceptors (Lipinski definition) is 9. The number of hydrogen-bond donors (Lipinski definition) is 1. The van der Waals surface area contributed by atoms with E-state index in [1.165, 1.54) is 24.6 Å². The van der Waals surface area contributed by atoms with Crippen molar-refractivity contribution in [2.75, 3.05) is 30.4 Å². The number of methoxy groups -OCH3 is 1. The van der Waals surface area contributed by atoms with E-state index in [1.807, 2.05) is 17.5 Å². The van der Waals surface area contributed by atoms with Gasteiger partial charge in [0.05, 0.1) is 23.5 Å². The Balaban J connectivity index is 1.40. The summed E-state index contributed by atoms with van der Waals surface area (Å²) in [4.78, 5) is 36.6. The summed E-state index contributed by atoms with van der Waals surface area (Å²) >= 11 is 2.64. The first-order chi connectivity index (χ1) is 15.1. The van der Waals surface area contributed by atoms with Gasteiger partial charge in [-0.25, -0.2) is 9.97 Å². The van der Waals surface area contributed by atoms with Crippen molar-refractivity contribution in [2.45, 2.75) is 12.8 Å². The van der Waals surface area contributed by atoms with E-state index in [0.717, 1.165) is 22.0 Å². The van der Waals surface area contributed by atoms with Crippen molar-refractivity contribution in [3.05, 3.63) is 46.3 Å². The van der Waals surface area contributed by atoms with E-state index in [-0.39, 0.29) is 17.8 Å². The van der Waals surface area contributed by atoms with Crippen LogP contribution in [-0.2, 0) is 9.53 Å². The lowest BCUT2D eigenvalue weighted by atomic mass is 9.97. The fraction of sp³-hybridized carbons (Fsp3) is 0.286. The predicted molar refractivity (Wildman–Crippen MR) is 119 cm³/mol. The Labute approximate surface area is 187 Å². The van der Waals surface area contributed by atoms with Crippen LogP contribution in [0.1, 0.15) is 28.1 Å². The molecule has 0 radical (unpaired) electrons. The molecule has 1 N–H and O–H groups in total. The molecule has 31 heavy (non-hydrogen) atoms.